The molecular formula is C8H15Se. The van der Waals surface area contributed by atoms with Gasteiger partial charge >= 0.3 is 65.8 Å². The fourth-order valence-corrected chi connectivity index (χ4v) is 1.87. The van der Waals surface area contributed by atoms with Crippen LogP contribution in [-0.2, 0) is 0 Å². The third-order valence-electron chi connectivity index (χ3n) is 2.33. The second-order valence-corrected chi connectivity index (χ2v) is 5.70. The van der Waals surface area contributed by atoms with Gasteiger partial charge in [-0.15, -0.1) is 0 Å². The van der Waals surface area contributed by atoms with E-state index in [2.05, 4.69) is 29.9 Å². The first-order valence-corrected chi connectivity index (χ1v) is 4.66. The third-order valence-corrected chi connectivity index (χ3v) is 3.19. The number of hydrogen-bond donors (Lipinski definition) is 0. The van der Waals surface area contributed by atoms with E-state index < -0.39 is 0 Å². The van der Waals surface area contributed by atoms with Crippen molar-refractivity contribution in [3.05, 3.63) is 0 Å². The Labute approximate surface area is 66.2 Å². The van der Waals surface area contributed by atoms with Crippen molar-refractivity contribution in [3.63, 3.8) is 0 Å². The van der Waals surface area contributed by atoms with Crippen LogP contribution in [0.15, 0.2) is 0 Å². The zero-order valence-electron chi connectivity index (χ0n) is 6.31. The molecule has 53 valence electrons. The van der Waals surface area contributed by atoms with Gasteiger partial charge in [-0.25, -0.2) is 0 Å². The van der Waals surface area contributed by atoms with Crippen molar-refractivity contribution >= 4 is 16.0 Å². The Hall–Kier alpha value is 0.519. The van der Waals surface area contributed by atoms with Crippen LogP contribution >= 0.6 is 0 Å². The van der Waals surface area contributed by atoms with Crippen LogP contribution in [-0.4, -0.2) is 16.0 Å². The molecule has 1 radical (unpaired) electrons. The molecule has 0 amide bonds. The predicted octanol–water partition coefficient (Wildman–Crippen LogP) is 2.54. The zero-order chi connectivity index (χ0) is 6.91. The van der Waals surface area contributed by atoms with Gasteiger partial charge in [0, 0.05) is 0 Å². The third kappa shape index (κ3) is 2.31. The molecule has 1 aliphatic rings. The van der Waals surface area contributed by atoms with Gasteiger partial charge in [-0.1, -0.05) is 0 Å². The van der Waals surface area contributed by atoms with Gasteiger partial charge in [-0.05, 0) is 0 Å². The maximum absolute atomic E-state index is 3.28. The van der Waals surface area contributed by atoms with Crippen LogP contribution in [0.4, 0.5) is 0 Å². The van der Waals surface area contributed by atoms with E-state index in [1.807, 2.05) is 0 Å². The predicted molar refractivity (Wildman–Crippen MR) is 41.8 cm³/mol. The first-order valence-electron chi connectivity index (χ1n) is 3.81. The summed E-state index contributed by atoms with van der Waals surface area (Å²) < 4.78 is 0.534. The van der Waals surface area contributed by atoms with Crippen molar-refractivity contribution in [2.24, 2.45) is 5.92 Å². The van der Waals surface area contributed by atoms with Gasteiger partial charge in [0.05, 0.1) is 0 Å². The molecule has 0 atom stereocenters. The number of rotatable bonds is 0. The Morgan fingerprint density at radius 3 is 2.11 bits per heavy atom. The van der Waals surface area contributed by atoms with Gasteiger partial charge < -0.3 is 0 Å². The van der Waals surface area contributed by atoms with E-state index in [0.717, 1.165) is 5.92 Å². The van der Waals surface area contributed by atoms with Gasteiger partial charge in [0.25, 0.3) is 0 Å². The van der Waals surface area contributed by atoms with Gasteiger partial charge in [-0.2, -0.15) is 0 Å². The molecule has 1 aliphatic carbocycles. The molecule has 0 N–H and O–H groups in total. The Morgan fingerprint density at radius 1 is 1.33 bits per heavy atom. The van der Waals surface area contributed by atoms with Crippen molar-refractivity contribution < 1.29 is 0 Å². The Kier molecular flexibility index (Phi) is 2.23. The summed E-state index contributed by atoms with van der Waals surface area (Å²) in [5.41, 5.74) is 0. The van der Waals surface area contributed by atoms with E-state index in [-0.39, 0.29) is 0 Å². The molecule has 0 saturated heterocycles. The summed E-state index contributed by atoms with van der Waals surface area (Å²) in [5, 5.41) is 0. The molecule has 0 unspecified atom stereocenters. The average molecular weight is 190 g/mol. The van der Waals surface area contributed by atoms with Gasteiger partial charge in [0.15, 0.2) is 0 Å². The summed E-state index contributed by atoms with van der Waals surface area (Å²) in [5.74, 6) is 0.978. The Bertz CT molecular complexity index is 86.7. The van der Waals surface area contributed by atoms with E-state index >= 15 is 0 Å². The van der Waals surface area contributed by atoms with Crippen molar-refractivity contribution in [2.75, 3.05) is 0 Å². The summed E-state index contributed by atoms with van der Waals surface area (Å²) in [6.07, 6.45) is 5.61. The first-order chi connectivity index (χ1) is 4.10. The molecule has 0 bridgehead atoms. The Morgan fingerprint density at radius 2 is 1.78 bits per heavy atom. The summed E-state index contributed by atoms with van der Waals surface area (Å²) in [7, 11) is 0. The van der Waals surface area contributed by atoms with Crippen molar-refractivity contribution in [1.29, 1.82) is 0 Å². The molecule has 9 heavy (non-hydrogen) atoms. The summed E-state index contributed by atoms with van der Waals surface area (Å²) in [6, 6.07) is 0. The summed E-state index contributed by atoms with van der Waals surface area (Å²) in [4.78, 5) is 0. The van der Waals surface area contributed by atoms with Gasteiger partial charge in [0.1, 0.15) is 0 Å². The van der Waals surface area contributed by atoms with Gasteiger partial charge in [-0.3, -0.25) is 0 Å². The van der Waals surface area contributed by atoms with Crippen LogP contribution in [0.3, 0.4) is 0 Å². The maximum atomic E-state index is 3.28. The van der Waals surface area contributed by atoms with E-state index in [0.29, 0.717) is 4.31 Å². The van der Waals surface area contributed by atoms with Crippen molar-refractivity contribution in [3.8, 4) is 0 Å². The summed E-state index contributed by atoms with van der Waals surface area (Å²) in [6.45, 7) is 4.69. The van der Waals surface area contributed by atoms with Crippen molar-refractivity contribution in [1.82, 2.24) is 0 Å². The van der Waals surface area contributed by atoms with Crippen LogP contribution in [0.25, 0.3) is 0 Å². The Balaban J connectivity index is 2.35. The molecule has 1 fully saturated rings. The van der Waals surface area contributed by atoms with Crippen LogP contribution in [0.5, 0.6) is 0 Å². The minimum atomic E-state index is 0.534. The second kappa shape index (κ2) is 2.64. The van der Waals surface area contributed by atoms with Crippen LogP contribution < -0.4 is 0 Å². The van der Waals surface area contributed by atoms with E-state index in [1.54, 1.807) is 0 Å². The zero-order valence-corrected chi connectivity index (χ0v) is 8.03. The van der Waals surface area contributed by atoms with Crippen LogP contribution in [0, 0.1) is 5.92 Å². The normalized spacial score (nSPS) is 45.0. The first kappa shape index (κ1) is 7.62. The quantitative estimate of drug-likeness (QED) is 0.515. The van der Waals surface area contributed by atoms with E-state index in [4.69, 9.17) is 0 Å². The molecule has 0 aliphatic heterocycles. The molecule has 0 spiro atoms. The topological polar surface area (TPSA) is 0 Å². The molecule has 0 aromatic rings. The monoisotopic (exact) mass is 191 g/mol. The molecular weight excluding hydrogens is 175 g/mol. The molecule has 0 nitrogen and oxygen atoms in total. The number of hydrogen-bond acceptors (Lipinski definition) is 0. The molecule has 1 saturated carbocycles. The van der Waals surface area contributed by atoms with E-state index in [9.17, 15) is 0 Å². The minimum absolute atomic E-state index is 0.534. The van der Waals surface area contributed by atoms with E-state index in [1.165, 1.54) is 25.7 Å². The SMILES string of the molecule is CC1CCC(C)([Se])CC1. The average Bonchev–Trinajstić information content (AvgIpc) is 1.78. The van der Waals surface area contributed by atoms with Crippen LogP contribution in [0.2, 0.25) is 4.31 Å². The fraction of sp³-hybridized carbons (Fsp3) is 1.00. The standard InChI is InChI=1S/C8H15Se/c1-7-3-5-8(2,9)6-4-7/h7H,3-6H2,1-2H3. The molecule has 1 rings (SSSR count). The second-order valence-electron chi connectivity index (χ2n) is 3.63. The summed E-state index contributed by atoms with van der Waals surface area (Å²) >= 11 is 3.28. The molecule has 1 heteroatoms. The van der Waals surface area contributed by atoms with Crippen LogP contribution in [0.1, 0.15) is 39.5 Å². The molecule has 0 heterocycles. The van der Waals surface area contributed by atoms with Gasteiger partial charge in [0.2, 0.25) is 0 Å². The van der Waals surface area contributed by atoms with Crippen molar-refractivity contribution in [2.45, 2.75) is 43.8 Å². The fourth-order valence-electron chi connectivity index (χ4n) is 1.37. The molecule has 0 aromatic carbocycles. The molecule has 0 aromatic heterocycles.